The van der Waals surface area contributed by atoms with E-state index in [0.717, 1.165) is 6.67 Å². The fourth-order valence-electron chi connectivity index (χ4n) is 3.54. The lowest BCUT2D eigenvalue weighted by Crippen LogP contribution is -2.38. The number of likely N-dealkylation sites (tertiary alicyclic amines) is 1. The summed E-state index contributed by atoms with van der Waals surface area (Å²) in [6.07, 6.45) is 3.84. The van der Waals surface area contributed by atoms with Gasteiger partial charge in [-0.1, -0.05) is 42.5 Å². The highest BCUT2D eigenvalue weighted by atomic mass is 15.1. The summed E-state index contributed by atoms with van der Waals surface area (Å²) >= 11 is 0. The van der Waals surface area contributed by atoms with Gasteiger partial charge in [-0.3, -0.25) is 5.32 Å². The second kappa shape index (κ2) is 7.91. The quantitative estimate of drug-likeness (QED) is 0.827. The first kappa shape index (κ1) is 16.4. The van der Waals surface area contributed by atoms with E-state index in [-0.39, 0.29) is 0 Å². The summed E-state index contributed by atoms with van der Waals surface area (Å²) < 4.78 is 0. The van der Waals surface area contributed by atoms with Gasteiger partial charge in [0.05, 0.1) is 0 Å². The van der Waals surface area contributed by atoms with Crippen molar-refractivity contribution >= 4 is 10.8 Å². The Hall–Kier alpha value is -1.42. The summed E-state index contributed by atoms with van der Waals surface area (Å²) in [6, 6.07) is 16.2. The molecule has 2 atom stereocenters. The fraction of sp³-hybridized carbons (Fsp3) is 0.500. The van der Waals surface area contributed by atoms with Gasteiger partial charge in [-0.15, -0.1) is 0 Å². The zero-order valence-electron chi connectivity index (χ0n) is 14.4. The summed E-state index contributed by atoms with van der Waals surface area (Å²) in [6.45, 7) is 5.57. The van der Waals surface area contributed by atoms with Crippen molar-refractivity contribution in [2.45, 2.75) is 38.3 Å². The largest absolute Gasteiger partial charge is 0.306 e. The number of hydrogen-bond acceptors (Lipinski definition) is 3. The molecule has 1 aliphatic rings. The van der Waals surface area contributed by atoms with E-state index in [4.69, 9.17) is 0 Å². The normalized spacial score (nSPS) is 21.2. The van der Waals surface area contributed by atoms with Crippen molar-refractivity contribution in [2.24, 2.45) is 0 Å². The number of nitrogens with zero attached hydrogens (tertiary/aromatic N) is 1. The molecular formula is C20H29N3. The molecule has 1 saturated heterocycles. The van der Waals surface area contributed by atoms with Gasteiger partial charge in [-0.05, 0) is 62.7 Å². The van der Waals surface area contributed by atoms with Crippen LogP contribution in [-0.2, 0) is 0 Å². The van der Waals surface area contributed by atoms with Crippen LogP contribution in [0.4, 0.5) is 0 Å². The summed E-state index contributed by atoms with van der Waals surface area (Å²) in [7, 11) is 2.23. The molecule has 3 rings (SSSR count). The molecule has 0 amide bonds. The van der Waals surface area contributed by atoms with Gasteiger partial charge >= 0.3 is 0 Å². The van der Waals surface area contributed by atoms with Crippen LogP contribution in [0.2, 0.25) is 0 Å². The highest BCUT2D eigenvalue weighted by molar-refractivity contribution is 5.86. The molecule has 0 bridgehead atoms. The van der Waals surface area contributed by atoms with Crippen LogP contribution in [0, 0.1) is 0 Å². The van der Waals surface area contributed by atoms with Crippen LogP contribution in [0.1, 0.15) is 37.8 Å². The second-order valence-corrected chi connectivity index (χ2v) is 6.81. The van der Waals surface area contributed by atoms with E-state index in [2.05, 4.69) is 72.0 Å². The number of hydrogen-bond donors (Lipinski definition) is 2. The maximum atomic E-state index is 3.69. The third-order valence-electron chi connectivity index (χ3n) is 5.04. The average molecular weight is 311 g/mol. The molecule has 1 fully saturated rings. The summed E-state index contributed by atoms with van der Waals surface area (Å²) in [5.74, 6) is 0. The minimum absolute atomic E-state index is 0.349. The molecule has 1 heterocycles. The van der Waals surface area contributed by atoms with Crippen molar-refractivity contribution in [1.29, 1.82) is 0 Å². The van der Waals surface area contributed by atoms with E-state index in [1.807, 2.05) is 0 Å². The van der Waals surface area contributed by atoms with Crippen molar-refractivity contribution in [3.05, 3.63) is 48.0 Å². The van der Waals surface area contributed by atoms with Crippen LogP contribution >= 0.6 is 0 Å². The van der Waals surface area contributed by atoms with Gasteiger partial charge < -0.3 is 10.2 Å². The van der Waals surface area contributed by atoms with Gasteiger partial charge in [0.15, 0.2) is 0 Å². The fourth-order valence-corrected chi connectivity index (χ4v) is 3.54. The SMILES string of the molecule is CC(NCNC1CCCN(C)CC1)c1cccc2ccccc12. The predicted octanol–water partition coefficient (Wildman–Crippen LogP) is 3.52. The van der Waals surface area contributed by atoms with Crippen molar-refractivity contribution in [1.82, 2.24) is 15.5 Å². The molecule has 2 N–H and O–H groups in total. The third-order valence-corrected chi connectivity index (χ3v) is 5.04. The lowest BCUT2D eigenvalue weighted by Gasteiger charge is -2.21. The maximum absolute atomic E-state index is 3.69. The Morgan fingerprint density at radius 3 is 2.83 bits per heavy atom. The Balaban J connectivity index is 1.55. The Labute approximate surface area is 140 Å². The number of rotatable bonds is 5. The zero-order valence-corrected chi connectivity index (χ0v) is 14.4. The van der Waals surface area contributed by atoms with E-state index in [1.54, 1.807) is 0 Å². The smallest absolute Gasteiger partial charge is 0.0461 e. The first-order valence-electron chi connectivity index (χ1n) is 8.87. The maximum Gasteiger partial charge on any atom is 0.0461 e. The highest BCUT2D eigenvalue weighted by Gasteiger charge is 2.14. The Kier molecular flexibility index (Phi) is 5.65. The third kappa shape index (κ3) is 4.31. The van der Waals surface area contributed by atoms with Crippen molar-refractivity contribution < 1.29 is 0 Å². The van der Waals surface area contributed by atoms with Crippen molar-refractivity contribution in [3.63, 3.8) is 0 Å². The molecule has 0 spiro atoms. The molecule has 1 aliphatic heterocycles. The van der Waals surface area contributed by atoms with Crippen LogP contribution < -0.4 is 10.6 Å². The van der Waals surface area contributed by atoms with Crippen molar-refractivity contribution in [3.8, 4) is 0 Å². The molecule has 0 aliphatic carbocycles. The lowest BCUT2D eigenvalue weighted by molar-refractivity contribution is 0.342. The minimum Gasteiger partial charge on any atom is -0.306 e. The predicted molar refractivity (Wildman–Crippen MR) is 98.6 cm³/mol. The standard InChI is InChI=1S/C20H29N3/c1-16(19-11-5-8-17-7-3-4-10-20(17)19)21-15-22-18-9-6-13-23(2)14-12-18/h3-5,7-8,10-11,16,18,21-22H,6,9,12-15H2,1-2H3. The van der Waals surface area contributed by atoms with E-state index in [0.29, 0.717) is 12.1 Å². The van der Waals surface area contributed by atoms with Crippen LogP contribution in [0.5, 0.6) is 0 Å². The first-order chi connectivity index (χ1) is 11.2. The lowest BCUT2D eigenvalue weighted by atomic mass is 10.00. The van der Waals surface area contributed by atoms with E-state index >= 15 is 0 Å². The van der Waals surface area contributed by atoms with E-state index in [1.165, 1.54) is 48.7 Å². The second-order valence-electron chi connectivity index (χ2n) is 6.81. The summed E-state index contributed by atoms with van der Waals surface area (Å²) in [5, 5.41) is 10.0. The number of fused-ring (bicyclic) bond motifs is 1. The van der Waals surface area contributed by atoms with Crippen LogP contribution in [-0.4, -0.2) is 37.7 Å². The Morgan fingerprint density at radius 2 is 1.91 bits per heavy atom. The average Bonchev–Trinajstić information content (AvgIpc) is 2.79. The first-order valence-corrected chi connectivity index (χ1v) is 8.87. The van der Waals surface area contributed by atoms with Gasteiger partial charge in [0.25, 0.3) is 0 Å². The molecular weight excluding hydrogens is 282 g/mol. The molecule has 3 heteroatoms. The summed E-state index contributed by atoms with van der Waals surface area (Å²) in [5.41, 5.74) is 1.38. The van der Waals surface area contributed by atoms with Gasteiger partial charge in [0.2, 0.25) is 0 Å². The topological polar surface area (TPSA) is 27.3 Å². The van der Waals surface area contributed by atoms with Crippen molar-refractivity contribution in [2.75, 3.05) is 26.8 Å². The van der Waals surface area contributed by atoms with Crippen LogP contribution in [0.25, 0.3) is 10.8 Å². The molecule has 23 heavy (non-hydrogen) atoms. The minimum atomic E-state index is 0.349. The van der Waals surface area contributed by atoms with Gasteiger partial charge in [-0.25, -0.2) is 0 Å². The monoisotopic (exact) mass is 311 g/mol. The molecule has 2 aromatic rings. The van der Waals surface area contributed by atoms with Crippen LogP contribution in [0.3, 0.4) is 0 Å². The summed E-state index contributed by atoms with van der Waals surface area (Å²) in [4.78, 5) is 2.44. The molecule has 0 radical (unpaired) electrons. The zero-order chi connectivity index (χ0) is 16.1. The molecule has 2 unspecified atom stereocenters. The number of benzene rings is 2. The molecule has 0 saturated carbocycles. The van der Waals surface area contributed by atoms with Gasteiger partial charge in [0.1, 0.15) is 0 Å². The van der Waals surface area contributed by atoms with E-state index < -0.39 is 0 Å². The molecule has 3 nitrogen and oxygen atoms in total. The highest BCUT2D eigenvalue weighted by Crippen LogP contribution is 2.23. The van der Waals surface area contributed by atoms with Gasteiger partial charge in [0, 0.05) is 18.8 Å². The Bertz CT molecular complexity index is 620. The van der Waals surface area contributed by atoms with Gasteiger partial charge in [-0.2, -0.15) is 0 Å². The molecule has 2 aromatic carbocycles. The number of nitrogens with one attached hydrogen (secondary N) is 2. The van der Waals surface area contributed by atoms with Crippen LogP contribution in [0.15, 0.2) is 42.5 Å². The molecule has 0 aromatic heterocycles. The van der Waals surface area contributed by atoms with E-state index in [9.17, 15) is 0 Å². The molecule has 124 valence electrons. The Morgan fingerprint density at radius 1 is 1.09 bits per heavy atom.